The second-order valence-electron chi connectivity index (χ2n) is 1.80. The minimum absolute atomic E-state index is 0.111. The lowest BCUT2D eigenvalue weighted by molar-refractivity contribution is 0.649. The van der Waals surface area contributed by atoms with Gasteiger partial charge in [-0.25, -0.2) is 4.21 Å². The van der Waals surface area contributed by atoms with Crippen LogP contribution in [-0.4, -0.2) is 4.21 Å². The third-order valence-corrected chi connectivity index (χ3v) is 1.67. The first kappa shape index (κ1) is 7.21. The summed E-state index contributed by atoms with van der Waals surface area (Å²) in [5, 5.41) is 0. The highest BCUT2D eigenvalue weighted by Gasteiger charge is 1.99. The van der Waals surface area contributed by atoms with Gasteiger partial charge in [-0.05, 0) is 18.2 Å². The summed E-state index contributed by atoms with van der Waals surface area (Å²) in [7, 11) is 0. The minimum atomic E-state index is -2.42. The molecule has 0 aromatic heterocycles. The van der Waals surface area contributed by atoms with Crippen molar-refractivity contribution in [2.75, 3.05) is 5.73 Å². The van der Waals surface area contributed by atoms with E-state index in [-0.39, 0.29) is 4.90 Å². The van der Waals surface area contributed by atoms with Crippen LogP contribution in [0.15, 0.2) is 29.2 Å². The number of rotatable bonds is 1. The Balaban J connectivity index is 3.07. The summed E-state index contributed by atoms with van der Waals surface area (Å²) < 4.78 is 22.2. The summed E-state index contributed by atoms with van der Waals surface area (Å²) in [6.45, 7) is 0. The first-order chi connectivity index (χ1) is 4.70. The molecule has 1 unspecified atom stereocenters. The Morgan fingerprint density at radius 2 is 2.20 bits per heavy atom. The Hall–Kier alpha value is -0.900. The van der Waals surface area contributed by atoms with Crippen molar-refractivity contribution >= 4 is 16.9 Å². The molecule has 0 aliphatic rings. The molecule has 2 nitrogen and oxygen atoms in total. The van der Waals surface area contributed by atoms with E-state index in [1.165, 1.54) is 12.1 Å². The number of nitrogens with two attached hydrogens (primary N) is 1. The highest BCUT2D eigenvalue weighted by Crippen LogP contribution is 2.10. The van der Waals surface area contributed by atoms with Gasteiger partial charge in [-0.15, -0.1) is 3.89 Å². The van der Waals surface area contributed by atoms with Crippen LogP contribution in [0.1, 0.15) is 0 Å². The molecule has 0 saturated carbocycles. The standard InChI is InChI=1S/C6H6FNOS/c7-10(9)6-3-1-2-5(8)4-6/h1-4H,8H2. The number of nitrogen functional groups attached to an aromatic ring is 1. The molecule has 0 spiro atoms. The van der Waals surface area contributed by atoms with Crippen LogP contribution in [0, 0.1) is 0 Å². The quantitative estimate of drug-likeness (QED) is 0.495. The van der Waals surface area contributed by atoms with Crippen molar-refractivity contribution in [2.24, 2.45) is 0 Å². The molecular weight excluding hydrogens is 153 g/mol. The Labute approximate surface area is 60.6 Å². The Kier molecular flexibility index (Phi) is 2.01. The molecule has 4 heteroatoms. The molecule has 1 rings (SSSR count). The second kappa shape index (κ2) is 2.79. The summed E-state index contributed by atoms with van der Waals surface area (Å²) in [5.41, 5.74) is 5.72. The van der Waals surface area contributed by atoms with E-state index in [1.54, 1.807) is 12.1 Å². The monoisotopic (exact) mass is 159 g/mol. The Bertz CT molecular complexity index is 264. The average Bonchev–Trinajstić information content (AvgIpc) is 1.88. The maximum absolute atomic E-state index is 12.0. The summed E-state index contributed by atoms with van der Waals surface area (Å²) in [5.74, 6) is 0. The number of anilines is 1. The predicted molar refractivity (Wildman–Crippen MR) is 38.4 cm³/mol. The number of benzene rings is 1. The van der Waals surface area contributed by atoms with E-state index in [1.807, 2.05) is 0 Å². The number of halogens is 1. The summed E-state index contributed by atoms with van der Waals surface area (Å²) in [6.07, 6.45) is 0. The first-order valence-electron chi connectivity index (χ1n) is 2.64. The fraction of sp³-hybridized carbons (Fsp3) is 0. The van der Waals surface area contributed by atoms with Crippen LogP contribution in [-0.2, 0) is 11.2 Å². The maximum Gasteiger partial charge on any atom is 0.231 e. The molecule has 0 amide bonds. The lowest BCUT2D eigenvalue weighted by Crippen LogP contribution is -1.87. The van der Waals surface area contributed by atoms with Crippen LogP contribution in [0.5, 0.6) is 0 Å². The topological polar surface area (TPSA) is 43.1 Å². The van der Waals surface area contributed by atoms with Gasteiger partial charge >= 0.3 is 0 Å². The molecule has 0 saturated heterocycles. The predicted octanol–water partition coefficient (Wildman–Crippen LogP) is 1.26. The van der Waals surface area contributed by atoms with Gasteiger partial charge in [-0.1, -0.05) is 6.07 Å². The second-order valence-corrected chi connectivity index (χ2v) is 2.71. The van der Waals surface area contributed by atoms with Gasteiger partial charge in [0.1, 0.15) is 0 Å². The molecule has 54 valence electrons. The van der Waals surface area contributed by atoms with Crippen molar-refractivity contribution in [3.05, 3.63) is 24.3 Å². The molecule has 1 atom stereocenters. The molecule has 0 heterocycles. The van der Waals surface area contributed by atoms with Crippen LogP contribution in [0.3, 0.4) is 0 Å². The molecule has 1 aromatic rings. The van der Waals surface area contributed by atoms with Crippen molar-refractivity contribution < 1.29 is 8.09 Å². The van der Waals surface area contributed by atoms with E-state index < -0.39 is 11.2 Å². The molecule has 0 aliphatic carbocycles. The van der Waals surface area contributed by atoms with Gasteiger partial charge in [0.15, 0.2) is 0 Å². The average molecular weight is 159 g/mol. The third-order valence-electron chi connectivity index (χ3n) is 1.04. The molecule has 0 fully saturated rings. The van der Waals surface area contributed by atoms with Crippen molar-refractivity contribution in [3.8, 4) is 0 Å². The molecule has 10 heavy (non-hydrogen) atoms. The molecule has 1 aromatic carbocycles. The molecular formula is C6H6FNOS. The summed E-state index contributed by atoms with van der Waals surface area (Å²) in [6, 6.07) is 5.93. The van der Waals surface area contributed by atoms with Crippen LogP contribution in [0.4, 0.5) is 9.57 Å². The van der Waals surface area contributed by atoms with E-state index in [4.69, 9.17) is 5.73 Å². The zero-order valence-corrected chi connectivity index (χ0v) is 5.90. The lowest BCUT2D eigenvalue weighted by atomic mass is 10.3. The zero-order valence-electron chi connectivity index (χ0n) is 5.08. The SMILES string of the molecule is Nc1cccc(S(=O)F)c1. The molecule has 0 radical (unpaired) electrons. The van der Waals surface area contributed by atoms with Gasteiger partial charge in [0, 0.05) is 5.69 Å². The first-order valence-corrected chi connectivity index (χ1v) is 3.69. The van der Waals surface area contributed by atoms with Crippen molar-refractivity contribution in [2.45, 2.75) is 4.90 Å². The third kappa shape index (κ3) is 1.54. The number of hydrogen-bond acceptors (Lipinski definition) is 2. The van der Waals surface area contributed by atoms with E-state index in [9.17, 15) is 8.09 Å². The Morgan fingerprint density at radius 1 is 1.50 bits per heavy atom. The largest absolute Gasteiger partial charge is 0.399 e. The fourth-order valence-electron chi connectivity index (χ4n) is 0.614. The van der Waals surface area contributed by atoms with Crippen LogP contribution >= 0.6 is 0 Å². The van der Waals surface area contributed by atoms with Crippen molar-refractivity contribution in [3.63, 3.8) is 0 Å². The van der Waals surface area contributed by atoms with E-state index in [2.05, 4.69) is 0 Å². The number of hydrogen-bond donors (Lipinski definition) is 1. The van der Waals surface area contributed by atoms with Crippen LogP contribution in [0.25, 0.3) is 0 Å². The van der Waals surface area contributed by atoms with Gasteiger partial charge in [0.2, 0.25) is 11.2 Å². The van der Waals surface area contributed by atoms with Gasteiger partial charge in [-0.2, -0.15) is 0 Å². The van der Waals surface area contributed by atoms with E-state index >= 15 is 0 Å². The fourth-order valence-corrected chi connectivity index (χ4v) is 1.03. The highest BCUT2D eigenvalue weighted by molar-refractivity contribution is 7.79. The van der Waals surface area contributed by atoms with E-state index in [0.717, 1.165) is 0 Å². The molecule has 0 bridgehead atoms. The van der Waals surface area contributed by atoms with Gasteiger partial charge < -0.3 is 5.73 Å². The smallest absolute Gasteiger partial charge is 0.231 e. The van der Waals surface area contributed by atoms with E-state index in [0.29, 0.717) is 5.69 Å². The van der Waals surface area contributed by atoms with Crippen molar-refractivity contribution in [1.29, 1.82) is 0 Å². The minimum Gasteiger partial charge on any atom is -0.399 e. The van der Waals surface area contributed by atoms with Crippen LogP contribution in [0.2, 0.25) is 0 Å². The lowest BCUT2D eigenvalue weighted by Gasteiger charge is -1.93. The summed E-state index contributed by atoms with van der Waals surface area (Å²) in [4.78, 5) is 0.111. The van der Waals surface area contributed by atoms with Crippen molar-refractivity contribution in [1.82, 2.24) is 0 Å². The van der Waals surface area contributed by atoms with Gasteiger partial charge in [0.25, 0.3) is 0 Å². The Morgan fingerprint density at radius 3 is 2.60 bits per heavy atom. The highest BCUT2D eigenvalue weighted by atomic mass is 32.2. The zero-order chi connectivity index (χ0) is 7.56. The molecule has 2 N–H and O–H groups in total. The maximum atomic E-state index is 12.0. The summed E-state index contributed by atoms with van der Waals surface area (Å²) >= 11 is -2.42. The van der Waals surface area contributed by atoms with Gasteiger partial charge in [-0.3, -0.25) is 0 Å². The molecule has 0 aliphatic heterocycles. The normalized spacial score (nSPS) is 12.9. The van der Waals surface area contributed by atoms with Gasteiger partial charge in [0.05, 0.1) is 4.90 Å². The van der Waals surface area contributed by atoms with Crippen LogP contribution < -0.4 is 5.73 Å².